The number of nitrogens with one attached hydrogen (secondary N) is 2. The van der Waals surface area contributed by atoms with E-state index in [0.717, 1.165) is 24.8 Å². The number of hydrogen-bond acceptors (Lipinski definition) is 5. The number of aromatic carboxylic acids is 1. The number of carboxylic acid groups (broad SMARTS) is 1. The van der Waals surface area contributed by atoms with E-state index >= 15 is 0 Å². The highest BCUT2D eigenvalue weighted by Crippen LogP contribution is 2.40. The number of carboxylic acids is 1. The number of esters is 1. The molecule has 27 heavy (non-hydrogen) atoms. The van der Waals surface area contributed by atoms with Crippen molar-refractivity contribution in [3.8, 4) is 0 Å². The van der Waals surface area contributed by atoms with Crippen molar-refractivity contribution in [1.29, 1.82) is 0 Å². The zero-order chi connectivity index (χ0) is 19.6. The smallest absolute Gasteiger partial charge is 0.341 e. The van der Waals surface area contributed by atoms with Gasteiger partial charge in [0.05, 0.1) is 18.2 Å². The first-order valence-corrected chi connectivity index (χ1v) is 9.75. The number of thiophene rings is 1. The van der Waals surface area contributed by atoms with Gasteiger partial charge in [-0.3, -0.25) is 0 Å². The Hall–Kier alpha value is -2.45. The summed E-state index contributed by atoms with van der Waals surface area (Å²) in [7, 11) is 1.38. The molecule has 1 atom stereocenters. The first-order valence-electron chi connectivity index (χ1n) is 8.53. The SMILES string of the molecule is COC(=O)c1c(NC(=S)Nc2ccc(C(=O)O)cc2)sc2c1CCC(C)C2. The third kappa shape index (κ3) is 4.28. The molecule has 1 unspecified atom stereocenters. The average molecular weight is 405 g/mol. The van der Waals surface area contributed by atoms with Crippen molar-refractivity contribution in [3.63, 3.8) is 0 Å². The summed E-state index contributed by atoms with van der Waals surface area (Å²) in [6.07, 6.45) is 2.85. The Balaban J connectivity index is 1.79. The molecule has 1 aliphatic carbocycles. The summed E-state index contributed by atoms with van der Waals surface area (Å²) in [6.45, 7) is 2.21. The standard InChI is InChI=1S/C19H20N2O4S2/c1-10-3-8-13-14(9-10)27-16(15(13)18(24)25-2)21-19(26)20-12-6-4-11(5-7-12)17(22)23/h4-7,10H,3,8-9H2,1-2H3,(H,22,23)(H2,20,21,26). The molecule has 6 nitrogen and oxygen atoms in total. The summed E-state index contributed by atoms with van der Waals surface area (Å²) in [5, 5.41) is 16.1. The van der Waals surface area contributed by atoms with Gasteiger partial charge in [0.1, 0.15) is 5.00 Å². The largest absolute Gasteiger partial charge is 0.478 e. The van der Waals surface area contributed by atoms with Gasteiger partial charge in [-0.15, -0.1) is 11.3 Å². The van der Waals surface area contributed by atoms with Crippen molar-refractivity contribution in [2.45, 2.75) is 26.2 Å². The zero-order valence-electron chi connectivity index (χ0n) is 15.0. The van der Waals surface area contributed by atoms with Crippen LogP contribution in [0.1, 0.15) is 44.5 Å². The molecule has 1 aromatic carbocycles. The van der Waals surface area contributed by atoms with E-state index in [-0.39, 0.29) is 11.5 Å². The molecule has 3 rings (SSSR count). The van der Waals surface area contributed by atoms with Crippen molar-refractivity contribution < 1.29 is 19.4 Å². The number of carbonyl (C=O) groups excluding carboxylic acids is 1. The molecule has 0 radical (unpaired) electrons. The van der Waals surface area contributed by atoms with Crippen LogP contribution in [0.2, 0.25) is 0 Å². The maximum absolute atomic E-state index is 12.3. The maximum atomic E-state index is 12.3. The van der Waals surface area contributed by atoms with E-state index in [4.69, 9.17) is 22.1 Å². The van der Waals surface area contributed by atoms with E-state index in [0.29, 0.717) is 27.3 Å². The number of rotatable bonds is 4. The lowest BCUT2D eigenvalue weighted by Crippen LogP contribution is -2.20. The lowest BCUT2D eigenvalue weighted by molar-refractivity contribution is 0.0600. The fourth-order valence-electron chi connectivity index (χ4n) is 3.12. The van der Waals surface area contributed by atoms with Gasteiger partial charge < -0.3 is 20.5 Å². The fourth-order valence-corrected chi connectivity index (χ4v) is 4.81. The Bertz CT molecular complexity index is 890. The number of fused-ring (bicyclic) bond motifs is 1. The van der Waals surface area contributed by atoms with Gasteiger partial charge in [0.2, 0.25) is 0 Å². The molecular formula is C19H20N2O4S2. The molecule has 0 saturated carbocycles. The van der Waals surface area contributed by atoms with Gasteiger partial charge >= 0.3 is 11.9 Å². The van der Waals surface area contributed by atoms with Crippen LogP contribution in [0.5, 0.6) is 0 Å². The highest BCUT2D eigenvalue weighted by molar-refractivity contribution is 7.80. The highest BCUT2D eigenvalue weighted by Gasteiger charge is 2.28. The molecule has 1 aliphatic rings. The summed E-state index contributed by atoms with van der Waals surface area (Å²) >= 11 is 6.90. The molecule has 0 fully saturated rings. The Morgan fingerprint density at radius 1 is 1.26 bits per heavy atom. The fraction of sp³-hybridized carbons (Fsp3) is 0.316. The van der Waals surface area contributed by atoms with Gasteiger partial charge in [0, 0.05) is 10.6 Å². The molecule has 2 aromatic rings. The van der Waals surface area contributed by atoms with Crippen LogP contribution in [0, 0.1) is 5.92 Å². The van der Waals surface area contributed by atoms with Gasteiger partial charge in [0.25, 0.3) is 0 Å². The Labute approximate surface area is 166 Å². The van der Waals surface area contributed by atoms with Crippen LogP contribution in [0.25, 0.3) is 0 Å². The van der Waals surface area contributed by atoms with Gasteiger partial charge in [-0.1, -0.05) is 6.92 Å². The summed E-state index contributed by atoms with van der Waals surface area (Å²) in [6, 6.07) is 6.27. The normalized spacial score (nSPS) is 15.6. The van der Waals surface area contributed by atoms with Crippen LogP contribution in [0.3, 0.4) is 0 Å². The van der Waals surface area contributed by atoms with Crippen molar-refractivity contribution in [2.75, 3.05) is 17.7 Å². The molecule has 0 bridgehead atoms. The second-order valence-corrected chi connectivity index (χ2v) is 8.02. The molecular weight excluding hydrogens is 384 g/mol. The lowest BCUT2D eigenvalue weighted by atomic mass is 9.88. The predicted octanol–water partition coefficient (Wildman–Crippen LogP) is 4.17. The highest BCUT2D eigenvalue weighted by atomic mass is 32.1. The quantitative estimate of drug-likeness (QED) is 0.521. The Morgan fingerprint density at radius 3 is 2.59 bits per heavy atom. The van der Waals surface area contributed by atoms with Crippen molar-refractivity contribution >= 4 is 51.3 Å². The van der Waals surface area contributed by atoms with Crippen LogP contribution in [-0.2, 0) is 17.6 Å². The van der Waals surface area contributed by atoms with Crippen LogP contribution in [0.15, 0.2) is 24.3 Å². The summed E-state index contributed by atoms with van der Waals surface area (Å²) in [5.41, 5.74) is 2.48. The molecule has 1 aromatic heterocycles. The first-order chi connectivity index (χ1) is 12.9. The van der Waals surface area contributed by atoms with Gasteiger partial charge in [-0.05, 0) is 67.2 Å². The number of benzene rings is 1. The Kier molecular flexibility index (Phi) is 5.76. The molecule has 8 heteroatoms. The van der Waals surface area contributed by atoms with Crippen LogP contribution in [-0.4, -0.2) is 29.3 Å². The molecule has 142 valence electrons. The van der Waals surface area contributed by atoms with Gasteiger partial charge in [-0.2, -0.15) is 0 Å². The number of ether oxygens (including phenoxy) is 1. The van der Waals surface area contributed by atoms with E-state index in [2.05, 4.69) is 17.6 Å². The van der Waals surface area contributed by atoms with E-state index in [1.165, 1.54) is 35.5 Å². The van der Waals surface area contributed by atoms with E-state index in [1.807, 2.05) is 0 Å². The second kappa shape index (κ2) is 8.06. The minimum atomic E-state index is -0.983. The predicted molar refractivity (Wildman–Crippen MR) is 110 cm³/mol. The summed E-state index contributed by atoms with van der Waals surface area (Å²) in [5.74, 6) is -0.756. The molecule has 0 spiro atoms. The van der Waals surface area contributed by atoms with Crippen LogP contribution < -0.4 is 10.6 Å². The summed E-state index contributed by atoms with van der Waals surface area (Å²) < 4.78 is 4.97. The monoisotopic (exact) mass is 404 g/mol. The van der Waals surface area contributed by atoms with Gasteiger partial charge in [-0.25, -0.2) is 9.59 Å². The Morgan fingerprint density at radius 2 is 1.96 bits per heavy atom. The molecule has 3 N–H and O–H groups in total. The topological polar surface area (TPSA) is 87.7 Å². The van der Waals surface area contributed by atoms with E-state index < -0.39 is 5.97 Å². The molecule has 0 aliphatic heterocycles. The number of carbonyl (C=O) groups is 2. The van der Waals surface area contributed by atoms with Crippen molar-refractivity contribution in [3.05, 3.63) is 45.8 Å². The third-order valence-electron chi connectivity index (χ3n) is 4.52. The number of methoxy groups -OCH3 is 1. The van der Waals surface area contributed by atoms with E-state index in [9.17, 15) is 9.59 Å². The minimum Gasteiger partial charge on any atom is -0.478 e. The minimum absolute atomic E-state index is 0.201. The second-order valence-electron chi connectivity index (χ2n) is 6.51. The van der Waals surface area contributed by atoms with Crippen molar-refractivity contribution in [1.82, 2.24) is 0 Å². The first kappa shape index (κ1) is 19.3. The van der Waals surface area contributed by atoms with Crippen molar-refractivity contribution in [2.24, 2.45) is 5.92 Å². The third-order valence-corrected chi connectivity index (χ3v) is 5.89. The number of thiocarbonyl (C=S) groups is 1. The molecule has 0 amide bonds. The average Bonchev–Trinajstić information content (AvgIpc) is 2.98. The van der Waals surface area contributed by atoms with E-state index in [1.54, 1.807) is 12.1 Å². The number of hydrogen-bond donors (Lipinski definition) is 3. The lowest BCUT2D eigenvalue weighted by Gasteiger charge is -2.18. The maximum Gasteiger partial charge on any atom is 0.341 e. The molecule has 1 heterocycles. The van der Waals surface area contributed by atoms with Crippen LogP contribution in [0.4, 0.5) is 10.7 Å². The van der Waals surface area contributed by atoms with Gasteiger partial charge in [0.15, 0.2) is 5.11 Å². The number of anilines is 2. The molecule has 0 saturated heterocycles. The van der Waals surface area contributed by atoms with Crippen LogP contribution >= 0.6 is 23.6 Å². The zero-order valence-corrected chi connectivity index (χ0v) is 16.6. The summed E-state index contributed by atoms with van der Waals surface area (Å²) in [4.78, 5) is 24.4.